The second kappa shape index (κ2) is 6.65. The topological polar surface area (TPSA) is 67.5 Å². The van der Waals surface area contributed by atoms with Crippen molar-refractivity contribution in [2.45, 2.75) is 39.0 Å². The SMILES string of the molecule is COCC(C)(C)CC(C[n+]1ccccc1C)S(=O)(=O)O. The lowest BCUT2D eigenvalue weighted by Gasteiger charge is -2.26. The summed E-state index contributed by atoms with van der Waals surface area (Å²) in [6, 6.07) is 5.64. The van der Waals surface area contributed by atoms with Gasteiger partial charge < -0.3 is 4.74 Å². The molecule has 0 spiro atoms. The van der Waals surface area contributed by atoms with E-state index in [1.54, 1.807) is 7.11 Å². The minimum atomic E-state index is -4.11. The molecule has 1 unspecified atom stereocenters. The lowest BCUT2D eigenvalue weighted by Crippen LogP contribution is -2.46. The fourth-order valence-electron chi connectivity index (χ4n) is 2.32. The van der Waals surface area contributed by atoms with Gasteiger partial charge in [-0.25, -0.2) is 4.57 Å². The highest BCUT2D eigenvalue weighted by Gasteiger charge is 2.34. The van der Waals surface area contributed by atoms with Crippen molar-refractivity contribution in [3.8, 4) is 0 Å². The molecule has 1 aromatic rings. The second-order valence-electron chi connectivity index (χ2n) is 5.93. The summed E-state index contributed by atoms with van der Waals surface area (Å²) < 4.78 is 39.7. The van der Waals surface area contributed by atoms with Gasteiger partial charge in [-0.05, 0) is 11.8 Å². The van der Waals surface area contributed by atoms with Crippen molar-refractivity contribution in [2.24, 2.45) is 5.41 Å². The van der Waals surface area contributed by atoms with E-state index in [1.807, 2.05) is 49.7 Å². The largest absolute Gasteiger partial charge is 0.384 e. The lowest BCUT2D eigenvalue weighted by atomic mass is 9.88. The van der Waals surface area contributed by atoms with Gasteiger partial charge in [-0.15, -0.1) is 0 Å². The van der Waals surface area contributed by atoms with E-state index in [9.17, 15) is 13.0 Å². The van der Waals surface area contributed by atoms with Crippen molar-refractivity contribution in [3.63, 3.8) is 0 Å². The smallest absolute Gasteiger partial charge is 0.274 e. The quantitative estimate of drug-likeness (QED) is 0.614. The first-order valence-corrected chi connectivity index (χ1v) is 8.06. The summed E-state index contributed by atoms with van der Waals surface area (Å²) in [5.41, 5.74) is 0.629. The van der Waals surface area contributed by atoms with Crippen LogP contribution in [-0.2, 0) is 21.4 Å². The van der Waals surface area contributed by atoms with Crippen molar-refractivity contribution < 1.29 is 22.3 Å². The fraction of sp³-hybridized carbons (Fsp3) is 0.643. The summed E-state index contributed by atoms with van der Waals surface area (Å²) in [7, 11) is -2.52. The maximum atomic E-state index is 11.6. The predicted molar refractivity (Wildman–Crippen MR) is 77.0 cm³/mol. The summed E-state index contributed by atoms with van der Waals surface area (Å²) in [5.74, 6) is 0. The molecule has 20 heavy (non-hydrogen) atoms. The Kier molecular flexibility index (Phi) is 5.68. The zero-order valence-corrected chi connectivity index (χ0v) is 13.4. The highest BCUT2D eigenvalue weighted by molar-refractivity contribution is 7.86. The van der Waals surface area contributed by atoms with Crippen molar-refractivity contribution in [1.82, 2.24) is 0 Å². The molecule has 1 rings (SSSR count). The van der Waals surface area contributed by atoms with Crippen molar-refractivity contribution in [1.29, 1.82) is 0 Å². The normalized spacial score (nSPS) is 14.2. The monoisotopic (exact) mass is 302 g/mol. The summed E-state index contributed by atoms with van der Waals surface area (Å²) >= 11 is 0. The van der Waals surface area contributed by atoms with Crippen molar-refractivity contribution in [3.05, 3.63) is 30.1 Å². The average Bonchev–Trinajstić information content (AvgIpc) is 2.29. The molecular weight excluding hydrogens is 278 g/mol. The molecule has 0 saturated heterocycles. The van der Waals surface area contributed by atoms with Crippen LogP contribution < -0.4 is 4.57 Å². The minimum absolute atomic E-state index is 0.235. The van der Waals surface area contributed by atoms with Crippen LogP contribution >= 0.6 is 0 Å². The third-order valence-corrected chi connectivity index (χ3v) is 4.46. The molecule has 1 heterocycles. The Bertz CT molecular complexity index is 540. The maximum Gasteiger partial charge on any atom is 0.274 e. The molecule has 1 atom stereocenters. The zero-order chi connectivity index (χ0) is 15.4. The molecule has 5 nitrogen and oxygen atoms in total. The lowest BCUT2D eigenvalue weighted by molar-refractivity contribution is -0.702. The molecule has 1 N–H and O–H groups in total. The first kappa shape index (κ1) is 17.1. The first-order valence-electron chi connectivity index (χ1n) is 6.56. The Morgan fingerprint density at radius 2 is 2.05 bits per heavy atom. The molecule has 0 bridgehead atoms. The highest BCUT2D eigenvalue weighted by Crippen LogP contribution is 2.25. The van der Waals surface area contributed by atoms with Gasteiger partial charge in [-0.1, -0.05) is 19.9 Å². The summed E-state index contributed by atoms with van der Waals surface area (Å²) in [5, 5.41) is -0.848. The number of hydrogen-bond donors (Lipinski definition) is 1. The van der Waals surface area contributed by atoms with E-state index in [4.69, 9.17) is 4.74 Å². The minimum Gasteiger partial charge on any atom is -0.384 e. The van der Waals surface area contributed by atoms with E-state index in [0.717, 1.165) is 5.69 Å². The van der Waals surface area contributed by atoms with Crippen LogP contribution in [0.3, 0.4) is 0 Å². The summed E-state index contributed by atoms with van der Waals surface area (Å²) in [4.78, 5) is 0. The molecule has 0 aliphatic carbocycles. The Morgan fingerprint density at radius 3 is 2.55 bits per heavy atom. The average molecular weight is 302 g/mol. The van der Waals surface area contributed by atoms with Crippen LogP contribution in [0.4, 0.5) is 0 Å². The van der Waals surface area contributed by atoms with E-state index in [-0.39, 0.29) is 12.0 Å². The van der Waals surface area contributed by atoms with Gasteiger partial charge in [0.1, 0.15) is 5.25 Å². The van der Waals surface area contributed by atoms with Gasteiger partial charge in [0, 0.05) is 26.2 Å². The summed E-state index contributed by atoms with van der Waals surface area (Å²) in [6.45, 7) is 6.44. The van der Waals surface area contributed by atoms with Crippen LogP contribution in [0.1, 0.15) is 26.0 Å². The molecule has 0 aromatic carbocycles. The van der Waals surface area contributed by atoms with Crippen LogP contribution in [-0.4, -0.2) is 31.9 Å². The van der Waals surface area contributed by atoms with Gasteiger partial charge in [0.2, 0.25) is 0 Å². The molecule has 0 radical (unpaired) electrons. The van der Waals surface area contributed by atoms with Crippen LogP contribution in [0.2, 0.25) is 0 Å². The third-order valence-electron chi connectivity index (χ3n) is 3.30. The van der Waals surface area contributed by atoms with E-state index >= 15 is 0 Å². The molecule has 0 fully saturated rings. The Morgan fingerprint density at radius 1 is 1.40 bits per heavy atom. The molecule has 0 aliphatic heterocycles. The van der Waals surface area contributed by atoms with Crippen molar-refractivity contribution in [2.75, 3.05) is 13.7 Å². The van der Waals surface area contributed by atoms with Crippen molar-refractivity contribution >= 4 is 10.1 Å². The van der Waals surface area contributed by atoms with Gasteiger partial charge in [-0.3, -0.25) is 4.55 Å². The first-order chi connectivity index (χ1) is 9.15. The maximum absolute atomic E-state index is 11.6. The van der Waals surface area contributed by atoms with Gasteiger partial charge in [-0.2, -0.15) is 8.42 Å². The van der Waals surface area contributed by atoms with E-state index in [2.05, 4.69) is 0 Å². The number of hydrogen-bond acceptors (Lipinski definition) is 3. The molecule has 114 valence electrons. The number of ether oxygens (including phenoxy) is 1. The van der Waals surface area contributed by atoms with E-state index < -0.39 is 15.4 Å². The number of methoxy groups -OCH3 is 1. The number of pyridine rings is 1. The molecule has 0 saturated carbocycles. The van der Waals surface area contributed by atoms with Crippen LogP contribution in [0.5, 0.6) is 0 Å². The predicted octanol–water partition coefficient (Wildman–Crippen LogP) is 1.60. The number of aryl methyl sites for hydroxylation is 1. The molecule has 6 heteroatoms. The van der Waals surface area contributed by atoms with E-state index in [1.165, 1.54) is 0 Å². The Hall–Kier alpha value is -0.980. The van der Waals surface area contributed by atoms with E-state index in [0.29, 0.717) is 13.0 Å². The Balaban J connectivity index is 2.95. The van der Waals surface area contributed by atoms with Gasteiger partial charge in [0.05, 0.1) is 6.61 Å². The van der Waals surface area contributed by atoms with Gasteiger partial charge in [0.25, 0.3) is 10.1 Å². The van der Waals surface area contributed by atoms with Gasteiger partial charge in [0.15, 0.2) is 18.4 Å². The molecule has 0 amide bonds. The van der Waals surface area contributed by atoms with Crippen LogP contribution in [0.15, 0.2) is 24.4 Å². The van der Waals surface area contributed by atoms with Gasteiger partial charge >= 0.3 is 0 Å². The Labute approximate surface area is 121 Å². The standard InChI is InChI=1S/C14H23NO4S/c1-12-7-5-6-8-15(12)10-13(20(16,17)18)9-14(2,3)11-19-4/h5-8,13H,9-11H2,1-4H3/p+1. The molecule has 1 aromatic heterocycles. The second-order valence-corrected chi connectivity index (χ2v) is 7.63. The number of aromatic nitrogens is 1. The van der Waals surface area contributed by atoms with Crippen LogP contribution in [0.25, 0.3) is 0 Å². The fourth-order valence-corrected chi connectivity index (χ4v) is 3.33. The molecule has 0 aliphatic rings. The zero-order valence-electron chi connectivity index (χ0n) is 12.5. The number of rotatable bonds is 7. The summed E-state index contributed by atoms with van der Waals surface area (Å²) in [6.07, 6.45) is 2.15. The molecular formula is C14H24NO4S+. The number of nitrogens with zero attached hydrogens (tertiary/aromatic N) is 1. The van der Waals surface area contributed by atoms with Crippen LogP contribution in [0, 0.1) is 12.3 Å². The highest BCUT2D eigenvalue weighted by atomic mass is 32.2. The third kappa shape index (κ3) is 5.19.